The summed E-state index contributed by atoms with van der Waals surface area (Å²) in [6, 6.07) is 7.34. The van der Waals surface area contributed by atoms with Crippen molar-refractivity contribution in [2.75, 3.05) is 20.2 Å². The number of aromatic nitrogens is 1. The minimum absolute atomic E-state index is 0.0307. The number of nitrogens with zero attached hydrogens (tertiary/aromatic N) is 2. The largest absolute Gasteiger partial charge is 0.480 e. The lowest BCUT2D eigenvalue weighted by atomic mass is 10.0. The molecule has 0 saturated carbocycles. The summed E-state index contributed by atoms with van der Waals surface area (Å²) in [5, 5.41) is 3.07. The SMILES string of the molecule is COc1ncccc1C(=O)N1CCC(NC(=O)c2ccc(C)s2)CC1. The number of methoxy groups -OCH3 is 1. The summed E-state index contributed by atoms with van der Waals surface area (Å²) in [5.74, 6) is 0.233. The van der Waals surface area contributed by atoms with Crippen molar-refractivity contribution in [2.45, 2.75) is 25.8 Å². The Bertz CT molecular complexity index is 766. The van der Waals surface area contributed by atoms with Gasteiger partial charge in [0, 0.05) is 30.2 Å². The molecule has 7 heteroatoms. The number of amides is 2. The average Bonchev–Trinajstić information content (AvgIpc) is 3.08. The van der Waals surface area contributed by atoms with Gasteiger partial charge in [0.05, 0.1) is 12.0 Å². The molecule has 2 aromatic heterocycles. The summed E-state index contributed by atoms with van der Waals surface area (Å²) in [6.07, 6.45) is 3.08. The number of hydrogen-bond donors (Lipinski definition) is 1. The third kappa shape index (κ3) is 3.99. The maximum absolute atomic E-state index is 12.7. The third-order valence-electron chi connectivity index (χ3n) is 4.28. The van der Waals surface area contributed by atoms with Crippen LogP contribution in [0.5, 0.6) is 5.88 Å². The predicted octanol–water partition coefficient (Wildman–Crippen LogP) is 2.49. The zero-order valence-electron chi connectivity index (χ0n) is 14.3. The van der Waals surface area contributed by atoms with Gasteiger partial charge in [-0.15, -0.1) is 11.3 Å². The van der Waals surface area contributed by atoms with Crippen molar-refractivity contribution in [1.29, 1.82) is 0 Å². The molecule has 1 aliphatic rings. The average molecular weight is 359 g/mol. The van der Waals surface area contributed by atoms with Crippen molar-refractivity contribution >= 4 is 23.2 Å². The van der Waals surface area contributed by atoms with Crippen LogP contribution in [-0.2, 0) is 0 Å². The van der Waals surface area contributed by atoms with Crippen LogP contribution >= 0.6 is 11.3 Å². The number of hydrogen-bond acceptors (Lipinski definition) is 5. The van der Waals surface area contributed by atoms with Gasteiger partial charge in [0.1, 0.15) is 5.56 Å². The van der Waals surface area contributed by atoms with Crippen LogP contribution in [0.15, 0.2) is 30.5 Å². The zero-order valence-corrected chi connectivity index (χ0v) is 15.1. The molecule has 6 nitrogen and oxygen atoms in total. The highest BCUT2D eigenvalue weighted by Gasteiger charge is 2.26. The molecule has 0 aliphatic carbocycles. The lowest BCUT2D eigenvalue weighted by Gasteiger charge is -2.32. The van der Waals surface area contributed by atoms with E-state index in [4.69, 9.17) is 4.74 Å². The first kappa shape index (κ1) is 17.4. The van der Waals surface area contributed by atoms with Crippen LogP contribution in [0, 0.1) is 6.92 Å². The highest BCUT2D eigenvalue weighted by Crippen LogP contribution is 2.20. The molecule has 132 valence electrons. The van der Waals surface area contributed by atoms with Crippen LogP contribution < -0.4 is 10.1 Å². The molecule has 1 saturated heterocycles. The monoisotopic (exact) mass is 359 g/mol. The maximum atomic E-state index is 12.7. The fraction of sp³-hybridized carbons (Fsp3) is 0.389. The summed E-state index contributed by atoms with van der Waals surface area (Å²) in [4.78, 5) is 32.6. The molecule has 0 aromatic carbocycles. The van der Waals surface area contributed by atoms with Gasteiger partial charge in [-0.05, 0) is 44.0 Å². The van der Waals surface area contributed by atoms with Crippen molar-refractivity contribution in [3.63, 3.8) is 0 Å². The van der Waals surface area contributed by atoms with Crippen molar-refractivity contribution in [1.82, 2.24) is 15.2 Å². The van der Waals surface area contributed by atoms with Gasteiger partial charge >= 0.3 is 0 Å². The fourth-order valence-electron chi connectivity index (χ4n) is 2.93. The molecule has 0 radical (unpaired) electrons. The molecule has 1 N–H and O–H groups in total. The van der Waals surface area contributed by atoms with Gasteiger partial charge in [-0.25, -0.2) is 4.98 Å². The lowest BCUT2D eigenvalue weighted by Crippen LogP contribution is -2.46. The number of ether oxygens (including phenoxy) is 1. The number of pyridine rings is 1. The number of carbonyl (C=O) groups excluding carboxylic acids is 2. The van der Waals surface area contributed by atoms with Crippen LogP contribution in [0.25, 0.3) is 0 Å². The minimum atomic E-state index is -0.0800. The molecule has 1 aliphatic heterocycles. The Balaban J connectivity index is 1.56. The number of thiophene rings is 1. The van der Waals surface area contributed by atoms with Gasteiger partial charge in [0.25, 0.3) is 11.8 Å². The Labute approximate surface area is 150 Å². The third-order valence-corrected chi connectivity index (χ3v) is 5.28. The first-order valence-electron chi connectivity index (χ1n) is 8.24. The van der Waals surface area contributed by atoms with E-state index >= 15 is 0 Å². The molecular weight excluding hydrogens is 338 g/mol. The van der Waals surface area contributed by atoms with E-state index in [0.29, 0.717) is 24.5 Å². The highest BCUT2D eigenvalue weighted by atomic mass is 32.1. The number of likely N-dealkylation sites (tertiary alicyclic amines) is 1. The van der Waals surface area contributed by atoms with Crippen molar-refractivity contribution in [2.24, 2.45) is 0 Å². The molecule has 2 aromatic rings. The molecule has 0 bridgehead atoms. The summed E-state index contributed by atoms with van der Waals surface area (Å²) in [5.41, 5.74) is 0.474. The van der Waals surface area contributed by atoms with E-state index in [-0.39, 0.29) is 17.9 Å². The smallest absolute Gasteiger partial charge is 0.261 e. The van der Waals surface area contributed by atoms with Crippen molar-refractivity contribution < 1.29 is 14.3 Å². The number of aryl methyl sites for hydroxylation is 1. The minimum Gasteiger partial charge on any atom is -0.480 e. The Hall–Kier alpha value is -2.41. The Morgan fingerprint density at radius 1 is 1.28 bits per heavy atom. The van der Waals surface area contributed by atoms with Gasteiger partial charge < -0.3 is 15.0 Å². The second kappa shape index (κ2) is 7.65. The van der Waals surface area contributed by atoms with Crippen LogP contribution in [-0.4, -0.2) is 47.9 Å². The zero-order chi connectivity index (χ0) is 17.8. The molecule has 3 rings (SSSR count). The number of piperidine rings is 1. The Morgan fingerprint density at radius 3 is 2.68 bits per heavy atom. The lowest BCUT2D eigenvalue weighted by molar-refractivity contribution is 0.0694. The second-order valence-electron chi connectivity index (χ2n) is 6.01. The van der Waals surface area contributed by atoms with E-state index in [2.05, 4.69) is 10.3 Å². The summed E-state index contributed by atoms with van der Waals surface area (Å²) in [7, 11) is 1.51. The first-order valence-corrected chi connectivity index (χ1v) is 9.05. The van der Waals surface area contributed by atoms with Crippen molar-refractivity contribution in [3.8, 4) is 5.88 Å². The van der Waals surface area contributed by atoms with Gasteiger partial charge in [0.2, 0.25) is 5.88 Å². The number of rotatable bonds is 4. The quantitative estimate of drug-likeness (QED) is 0.910. The van der Waals surface area contributed by atoms with Gasteiger partial charge in [-0.2, -0.15) is 0 Å². The van der Waals surface area contributed by atoms with Crippen LogP contribution in [0.1, 0.15) is 37.7 Å². The molecule has 1 fully saturated rings. The molecule has 0 atom stereocenters. The molecule has 3 heterocycles. The van der Waals surface area contributed by atoms with Gasteiger partial charge in [0.15, 0.2) is 0 Å². The fourth-order valence-corrected chi connectivity index (χ4v) is 3.70. The van der Waals surface area contributed by atoms with Crippen LogP contribution in [0.2, 0.25) is 0 Å². The van der Waals surface area contributed by atoms with E-state index in [9.17, 15) is 9.59 Å². The van der Waals surface area contributed by atoms with Crippen LogP contribution in [0.3, 0.4) is 0 Å². The standard InChI is InChI=1S/C18H21N3O3S/c1-12-5-6-15(25-12)16(22)20-13-7-10-21(11-8-13)18(23)14-4-3-9-19-17(14)24-2/h3-6,9,13H,7-8,10-11H2,1-2H3,(H,20,22). The topological polar surface area (TPSA) is 71.5 Å². The van der Waals surface area contributed by atoms with E-state index in [1.54, 1.807) is 23.2 Å². The van der Waals surface area contributed by atoms with Crippen LogP contribution in [0.4, 0.5) is 0 Å². The summed E-state index contributed by atoms with van der Waals surface area (Å²) < 4.78 is 5.17. The molecule has 25 heavy (non-hydrogen) atoms. The van der Waals surface area contributed by atoms with E-state index in [0.717, 1.165) is 22.6 Å². The second-order valence-corrected chi connectivity index (χ2v) is 7.30. The number of carbonyl (C=O) groups is 2. The Kier molecular flexibility index (Phi) is 5.33. The predicted molar refractivity (Wildman–Crippen MR) is 96.2 cm³/mol. The van der Waals surface area contributed by atoms with E-state index in [1.165, 1.54) is 18.4 Å². The molecule has 0 spiro atoms. The van der Waals surface area contributed by atoms with Gasteiger partial charge in [-0.3, -0.25) is 9.59 Å². The summed E-state index contributed by atoms with van der Waals surface area (Å²) >= 11 is 1.49. The van der Waals surface area contributed by atoms with Crippen molar-refractivity contribution in [3.05, 3.63) is 45.8 Å². The Morgan fingerprint density at radius 2 is 2.04 bits per heavy atom. The van der Waals surface area contributed by atoms with E-state index < -0.39 is 0 Å². The molecule has 2 amide bonds. The molecular formula is C18H21N3O3S. The first-order chi connectivity index (χ1) is 12.1. The molecule has 0 unspecified atom stereocenters. The maximum Gasteiger partial charge on any atom is 0.261 e. The van der Waals surface area contributed by atoms with E-state index in [1.807, 2.05) is 19.1 Å². The van der Waals surface area contributed by atoms with Gasteiger partial charge in [-0.1, -0.05) is 0 Å². The number of nitrogens with one attached hydrogen (secondary N) is 1. The summed E-state index contributed by atoms with van der Waals surface area (Å²) in [6.45, 7) is 3.19. The normalized spacial score (nSPS) is 15.0. The highest BCUT2D eigenvalue weighted by molar-refractivity contribution is 7.13.